The second-order valence-corrected chi connectivity index (χ2v) is 6.65. The van der Waals surface area contributed by atoms with E-state index in [1.54, 1.807) is 11.3 Å². The highest BCUT2D eigenvalue weighted by atomic mass is 32.1. The third-order valence-electron chi connectivity index (χ3n) is 4.09. The maximum atomic E-state index is 12.0. The molecule has 0 radical (unpaired) electrons. The smallest absolute Gasteiger partial charge is 0.223 e. The maximum Gasteiger partial charge on any atom is 0.223 e. The predicted molar refractivity (Wildman–Crippen MR) is 69.9 cm³/mol. The molecule has 0 bridgehead atoms. The van der Waals surface area contributed by atoms with Crippen molar-refractivity contribution in [2.24, 2.45) is 17.8 Å². The average Bonchev–Trinajstić information content (AvgIpc) is 2.74. The van der Waals surface area contributed by atoms with E-state index in [0.717, 1.165) is 31.1 Å². The molecule has 3 unspecified atom stereocenters. The topological polar surface area (TPSA) is 29.1 Å². The highest BCUT2D eigenvalue weighted by Gasteiger charge is 2.48. The molecule has 3 rings (SSSR count). The molecule has 0 aromatic carbocycles. The Labute approximate surface area is 106 Å². The summed E-state index contributed by atoms with van der Waals surface area (Å²) in [6.07, 6.45) is 4.63. The van der Waals surface area contributed by atoms with Crippen molar-refractivity contribution in [1.29, 1.82) is 0 Å². The fourth-order valence-corrected chi connectivity index (χ4v) is 3.91. The number of hydrogen-bond acceptors (Lipinski definition) is 2. The van der Waals surface area contributed by atoms with Crippen molar-refractivity contribution in [3.63, 3.8) is 0 Å². The highest BCUT2D eigenvalue weighted by molar-refractivity contribution is 7.09. The SMILES string of the molecule is CC(Cc1cccs1)NC(=O)C1CC2CC2C1. The van der Waals surface area contributed by atoms with Crippen molar-refractivity contribution < 1.29 is 4.79 Å². The maximum absolute atomic E-state index is 12.0. The van der Waals surface area contributed by atoms with Gasteiger partial charge in [0, 0.05) is 23.3 Å². The van der Waals surface area contributed by atoms with Crippen LogP contribution in [0.15, 0.2) is 17.5 Å². The first kappa shape index (κ1) is 11.3. The zero-order valence-corrected chi connectivity index (χ0v) is 11.0. The van der Waals surface area contributed by atoms with Gasteiger partial charge in [-0.3, -0.25) is 4.79 Å². The van der Waals surface area contributed by atoms with Gasteiger partial charge in [-0.05, 0) is 49.5 Å². The summed E-state index contributed by atoms with van der Waals surface area (Å²) in [6, 6.07) is 4.47. The molecule has 3 heteroatoms. The number of carbonyl (C=O) groups excluding carboxylic acids is 1. The number of rotatable bonds is 4. The van der Waals surface area contributed by atoms with Crippen LogP contribution in [-0.2, 0) is 11.2 Å². The van der Waals surface area contributed by atoms with E-state index in [4.69, 9.17) is 0 Å². The normalized spacial score (nSPS) is 31.9. The van der Waals surface area contributed by atoms with Crippen LogP contribution in [0.3, 0.4) is 0 Å². The minimum Gasteiger partial charge on any atom is -0.353 e. The third-order valence-corrected chi connectivity index (χ3v) is 4.99. The van der Waals surface area contributed by atoms with Crippen molar-refractivity contribution in [3.8, 4) is 0 Å². The summed E-state index contributed by atoms with van der Waals surface area (Å²) < 4.78 is 0. The van der Waals surface area contributed by atoms with Gasteiger partial charge in [-0.25, -0.2) is 0 Å². The molecule has 1 aromatic rings. The Hall–Kier alpha value is -0.830. The summed E-state index contributed by atoms with van der Waals surface area (Å²) in [7, 11) is 0. The number of amides is 1. The van der Waals surface area contributed by atoms with E-state index in [9.17, 15) is 4.79 Å². The van der Waals surface area contributed by atoms with Gasteiger partial charge in [0.15, 0.2) is 0 Å². The molecule has 2 saturated carbocycles. The van der Waals surface area contributed by atoms with Gasteiger partial charge in [0.05, 0.1) is 0 Å². The quantitative estimate of drug-likeness (QED) is 0.873. The van der Waals surface area contributed by atoms with Crippen LogP contribution >= 0.6 is 11.3 Å². The molecule has 1 amide bonds. The van der Waals surface area contributed by atoms with E-state index < -0.39 is 0 Å². The minimum absolute atomic E-state index is 0.262. The molecule has 0 spiro atoms. The Kier molecular flexibility index (Phi) is 2.95. The number of fused-ring (bicyclic) bond motifs is 1. The van der Waals surface area contributed by atoms with Crippen molar-refractivity contribution in [2.75, 3.05) is 0 Å². The van der Waals surface area contributed by atoms with E-state index in [2.05, 4.69) is 29.8 Å². The van der Waals surface area contributed by atoms with Gasteiger partial charge in [0.2, 0.25) is 5.91 Å². The number of hydrogen-bond donors (Lipinski definition) is 1. The van der Waals surface area contributed by atoms with Crippen LogP contribution in [0.2, 0.25) is 0 Å². The summed E-state index contributed by atoms with van der Waals surface area (Å²) in [5.74, 6) is 2.38. The molecule has 92 valence electrons. The Morgan fingerprint density at radius 3 is 2.88 bits per heavy atom. The summed E-state index contributed by atoms with van der Waals surface area (Å²) in [4.78, 5) is 13.4. The molecule has 2 aliphatic rings. The number of thiophene rings is 1. The first-order valence-corrected chi connectivity index (χ1v) is 7.43. The Bertz CT molecular complexity index is 390. The minimum atomic E-state index is 0.262. The number of nitrogens with one attached hydrogen (secondary N) is 1. The van der Waals surface area contributed by atoms with Gasteiger partial charge in [0.25, 0.3) is 0 Å². The lowest BCUT2D eigenvalue weighted by Gasteiger charge is -2.17. The van der Waals surface area contributed by atoms with Crippen molar-refractivity contribution in [3.05, 3.63) is 22.4 Å². The van der Waals surface area contributed by atoms with Crippen LogP contribution in [0.25, 0.3) is 0 Å². The highest BCUT2D eigenvalue weighted by Crippen LogP contribution is 2.54. The third kappa shape index (κ3) is 2.54. The van der Waals surface area contributed by atoms with E-state index >= 15 is 0 Å². The Morgan fingerprint density at radius 2 is 2.24 bits per heavy atom. The van der Waals surface area contributed by atoms with Gasteiger partial charge < -0.3 is 5.32 Å². The monoisotopic (exact) mass is 249 g/mol. The summed E-state index contributed by atoms with van der Waals surface area (Å²) in [5.41, 5.74) is 0. The van der Waals surface area contributed by atoms with Gasteiger partial charge in [-0.1, -0.05) is 6.07 Å². The lowest BCUT2D eigenvalue weighted by Crippen LogP contribution is -2.37. The Balaban J connectivity index is 1.47. The first-order chi connectivity index (χ1) is 8.22. The van der Waals surface area contributed by atoms with Crippen molar-refractivity contribution in [1.82, 2.24) is 5.32 Å². The summed E-state index contributed by atoms with van der Waals surface area (Å²) in [6.45, 7) is 2.10. The van der Waals surface area contributed by atoms with Crippen LogP contribution in [0.5, 0.6) is 0 Å². The van der Waals surface area contributed by atoms with Gasteiger partial charge in [0.1, 0.15) is 0 Å². The molecule has 2 aliphatic carbocycles. The summed E-state index contributed by atoms with van der Waals surface area (Å²) >= 11 is 1.77. The molecule has 0 aliphatic heterocycles. The first-order valence-electron chi connectivity index (χ1n) is 6.55. The largest absolute Gasteiger partial charge is 0.353 e. The molecule has 1 heterocycles. The fourth-order valence-electron chi connectivity index (χ4n) is 3.07. The second-order valence-electron chi connectivity index (χ2n) is 5.62. The summed E-state index contributed by atoms with van der Waals surface area (Å²) in [5, 5.41) is 5.26. The zero-order valence-electron chi connectivity index (χ0n) is 10.2. The van der Waals surface area contributed by atoms with Crippen molar-refractivity contribution in [2.45, 2.75) is 38.6 Å². The van der Waals surface area contributed by atoms with Crippen molar-refractivity contribution >= 4 is 17.2 Å². The lowest BCUT2D eigenvalue weighted by molar-refractivity contribution is -0.125. The molecule has 17 heavy (non-hydrogen) atoms. The van der Waals surface area contributed by atoms with Crippen LogP contribution < -0.4 is 5.32 Å². The molecular formula is C14H19NOS. The molecule has 0 saturated heterocycles. The molecule has 1 aromatic heterocycles. The van der Waals surface area contributed by atoms with E-state index in [-0.39, 0.29) is 6.04 Å². The molecule has 3 atom stereocenters. The second kappa shape index (κ2) is 4.45. The number of carbonyl (C=O) groups is 1. The fraction of sp³-hybridized carbons (Fsp3) is 0.643. The Morgan fingerprint density at radius 1 is 1.47 bits per heavy atom. The lowest BCUT2D eigenvalue weighted by atomic mass is 10.0. The van der Waals surface area contributed by atoms with E-state index in [1.807, 2.05) is 0 Å². The molecule has 2 nitrogen and oxygen atoms in total. The van der Waals surface area contributed by atoms with Crippen LogP contribution in [0.1, 0.15) is 31.1 Å². The van der Waals surface area contributed by atoms with Crippen LogP contribution in [0, 0.1) is 17.8 Å². The molecular weight excluding hydrogens is 230 g/mol. The van der Waals surface area contributed by atoms with Crippen LogP contribution in [0.4, 0.5) is 0 Å². The molecule has 1 N–H and O–H groups in total. The zero-order chi connectivity index (χ0) is 11.8. The van der Waals surface area contributed by atoms with Crippen LogP contribution in [-0.4, -0.2) is 11.9 Å². The predicted octanol–water partition coefficient (Wildman–Crippen LogP) is 2.84. The van der Waals surface area contributed by atoms with Gasteiger partial charge in [-0.2, -0.15) is 0 Å². The van der Waals surface area contributed by atoms with Gasteiger partial charge in [-0.15, -0.1) is 11.3 Å². The standard InChI is InChI=1S/C14H19NOS/c1-9(5-13-3-2-4-17-13)15-14(16)12-7-10-6-11(10)8-12/h2-4,9-12H,5-8H2,1H3,(H,15,16). The molecule has 2 fully saturated rings. The van der Waals surface area contributed by atoms with E-state index in [0.29, 0.717) is 11.8 Å². The average molecular weight is 249 g/mol. The van der Waals surface area contributed by atoms with Gasteiger partial charge >= 0.3 is 0 Å². The van der Waals surface area contributed by atoms with E-state index in [1.165, 1.54) is 11.3 Å².